The van der Waals surface area contributed by atoms with Crippen LogP contribution in [0.5, 0.6) is 0 Å². The van der Waals surface area contributed by atoms with Crippen LogP contribution in [0, 0.1) is 46.3 Å². The monoisotopic (exact) mass is 560 g/mol. The summed E-state index contributed by atoms with van der Waals surface area (Å²) in [4.78, 5) is 52.8. The average Bonchev–Trinajstić information content (AvgIpc) is 2.79. The first-order valence-corrected chi connectivity index (χ1v) is 15.3. The lowest BCUT2D eigenvalue weighted by molar-refractivity contribution is -0.244. The van der Waals surface area contributed by atoms with Crippen LogP contribution in [0.15, 0.2) is 0 Å². The molecule has 0 spiro atoms. The third-order valence-corrected chi connectivity index (χ3v) is 12.1. The molecule has 8 saturated carbocycles. The Hall–Kier alpha value is -2.20. The van der Waals surface area contributed by atoms with Crippen molar-refractivity contribution < 1.29 is 39.6 Å². The van der Waals surface area contributed by atoms with Crippen LogP contribution in [0.3, 0.4) is 0 Å². The SMILES string of the molecule is O=C(O)CN(CCN(CC(=O)O)C(C(=O)O)(C12CC3CC(CC(C3)C1)C2)C12CC3CC(CC(C3)C1)C2)CC(=O)O. The molecule has 0 unspecified atom stereocenters. The van der Waals surface area contributed by atoms with Crippen molar-refractivity contribution in [2.75, 3.05) is 32.7 Å². The molecule has 10 nitrogen and oxygen atoms in total. The van der Waals surface area contributed by atoms with Gasteiger partial charge in [0.1, 0.15) is 5.54 Å². The van der Waals surface area contributed by atoms with Crippen LogP contribution in [0.1, 0.15) is 77.0 Å². The topological polar surface area (TPSA) is 156 Å². The Bertz CT molecular complexity index is 941. The second-order valence-corrected chi connectivity index (χ2v) is 14.7. The molecule has 8 aliphatic carbocycles. The highest BCUT2D eigenvalue weighted by Crippen LogP contribution is 2.74. The summed E-state index contributed by atoms with van der Waals surface area (Å²) >= 11 is 0. The minimum absolute atomic E-state index is 0.0142. The highest BCUT2D eigenvalue weighted by Gasteiger charge is 2.75. The zero-order valence-corrected chi connectivity index (χ0v) is 23.3. The first kappa shape index (κ1) is 27.9. The minimum atomic E-state index is -1.37. The Morgan fingerprint density at radius 3 is 1.15 bits per heavy atom. The molecule has 8 bridgehead atoms. The van der Waals surface area contributed by atoms with Crippen LogP contribution in [-0.2, 0) is 19.2 Å². The van der Waals surface area contributed by atoms with Gasteiger partial charge in [0, 0.05) is 23.9 Å². The summed E-state index contributed by atoms with van der Waals surface area (Å²) in [5, 5.41) is 40.7. The van der Waals surface area contributed by atoms with E-state index in [1.54, 1.807) is 4.90 Å². The van der Waals surface area contributed by atoms with E-state index >= 15 is 0 Å². The van der Waals surface area contributed by atoms with Crippen molar-refractivity contribution in [3.63, 3.8) is 0 Å². The van der Waals surface area contributed by atoms with E-state index < -0.39 is 59.9 Å². The summed E-state index contributed by atoms with van der Waals surface area (Å²) in [5.74, 6) is -1.49. The summed E-state index contributed by atoms with van der Waals surface area (Å²) in [6.07, 6.45) is 11.7. The van der Waals surface area contributed by atoms with Gasteiger partial charge in [-0.3, -0.25) is 29.0 Å². The molecule has 0 radical (unpaired) electrons. The van der Waals surface area contributed by atoms with Crippen LogP contribution in [-0.4, -0.2) is 92.4 Å². The van der Waals surface area contributed by atoms with Gasteiger partial charge < -0.3 is 20.4 Å². The molecule has 40 heavy (non-hydrogen) atoms. The smallest absolute Gasteiger partial charge is 0.325 e. The zero-order valence-electron chi connectivity index (χ0n) is 23.3. The van der Waals surface area contributed by atoms with Crippen molar-refractivity contribution in [3.05, 3.63) is 0 Å². The molecule has 0 aromatic carbocycles. The predicted molar refractivity (Wildman–Crippen MR) is 142 cm³/mol. The molecule has 10 heteroatoms. The molecule has 0 aromatic heterocycles. The number of hydrogen-bond acceptors (Lipinski definition) is 6. The van der Waals surface area contributed by atoms with Crippen LogP contribution in [0.4, 0.5) is 0 Å². The Morgan fingerprint density at radius 1 is 0.550 bits per heavy atom. The number of rotatable bonds is 13. The number of hydrogen-bond donors (Lipinski definition) is 4. The molecule has 222 valence electrons. The molecule has 0 saturated heterocycles. The van der Waals surface area contributed by atoms with Crippen molar-refractivity contribution in [2.24, 2.45) is 46.3 Å². The van der Waals surface area contributed by atoms with Crippen LogP contribution >= 0.6 is 0 Å². The normalized spacial score (nSPS) is 40.5. The molecule has 8 aliphatic rings. The van der Waals surface area contributed by atoms with E-state index in [1.165, 1.54) is 4.90 Å². The maximum Gasteiger partial charge on any atom is 0.325 e. The van der Waals surface area contributed by atoms with Crippen molar-refractivity contribution in [3.8, 4) is 0 Å². The Kier molecular flexibility index (Phi) is 6.96. The Labute approximate surface area is 235 Å². The summed E-state index contributed by atoms with van der Waals surface area (Å²) in [6, 6.07) is 0. The van der Waals surface area contributed by atoms with E-state index in [2.05, 4.69) is 0 Å². The highest BCUT2D eigenvalue weighted by atomic mass is 16.4. The molecule has 0 amide bonds. The molecule has 0 heterocycles. The van der Waals surface area contributed by atoms with Gasteiger partial charge in [-0.05, 0) is 113 Å². The highest BCUT2D eigenvalue weighted by molar-refractivity contribution is 5.83. The minimum Gasteiger partial charge on any atom is -0.480 e. The number of carboxylic acid groups (broad SMARTS) is 4. The fraction of sp³-hybridized carbons (Fsp3) is 0.867. The Balaban J connectivity index is 1.47. The maximum absolute atomic E-state index is 14.2. The lowest BCUT2D eigenvalue weighted by Gasteiger charge is -2.72. The third-order valence-electron chi connectivity index (χ3n) is 12.1. The third kappa shape index (κ3) is 4.44. The molecule has 8 rings (SSSR count). The van der Waals surface area contributed by atoms with Crippen molar-refractivity contribution in [1.82, 2.24) is 9.80 Å². The van der Waals surface area contributed by atoms with Crippen LogP contribution < -0.4 is 0 Å². The lowest BCUT2D eigenvalue weighted by atomic mass is 9.35. The standard InChI is InChI=1S/C30H44N2O8/c33-24(34)15-31(16-25(35)36)1-2-32(17-26(37)38)30(27(39)40,28-9-18-3-19(10-28)5-20(4-18)11-28)29-12-21-6-22(13-29)8-23(7-21)14-29/h18-23H,1-17H2,(H,33,34)(H,35,36)(H,37,38)(H,39,40). The zero-order chi connectivity index (χ0) is 28.4. The van der Waals surface area contributed by atoms with Crippen molar-refractivity contribution in [1.29, 1.82) is 0 Å². The van der Waals surface area contributed by atoms with Gasteiger partial charge in [0.2, 0.25) is 0 Å². The molecule has 4 N–H and O–H groups in total. The summed E-state index contributed by atoms with van der Waals surface area (Å²) in [6.45, 7) is -1.43. The average molecular weight is 561 g/mol. The van der Waals surface area contributed by atoms with E-state index in [9.17, 15) is 39.6 Å². The van der Waals surface area contributed by atoms with E-state index in [0.29, 0.717) is 35.5 Å². The number of carboxylic acids is 4. The first-order chi connectivity index (χ1) is 18.9. The molecular weight excluding hydrogens is 516 g/mol. The fourth-order valence-corrected chi connectivity index (χ4v) is 12.3. The maximum atomic E-state index is 14.2. The van der Waals surface area contributed by atoms with Gasteiger partial charge in [0.15, 0.2) is 0 Å². The second-order valence-electron chi connectivity index (χ2n) is 14.7. The van der Waals surface area contributed by atoms with Gasteiger partial charge in [-0.2, -0.15) is 0 Å². The number of carbonyl (C=O) groups is 4. The van der Waals surface area contributed by atoms with Gasteiger partial charge in [0.25, 0.3) is 0 Å². The van der Waals surface area contributed by atoms with E-state index in [-0.39, 0.29) is 13.1 Å². The van der Waals surface area contributed by atoms with Gasteiger partial charge >= 0.3 is 23.9 Å². The molecule has 0 aromatic rings. The number of nitrogens with zero attached hydrogens (tertiary/aromatic N) is 2. The molecular formula is C30H44N2O8. The summed E-state index contributed by atoms with van der Waals surface area (Å²) in [7, 11) is 0. The largest absolute Gasteiger partial charge is 0.480 e. The van der Waals surface area contributed by atoms with Crippen LogP contribution in [0.25, 0.3) is 0 Å². The first-order valence-electron chi connectivity index (χ1n) is 15.3. The van der Waals surface area contributed by atoms with E-state index in [0.717, 1.165) is 77.0 Å². The van der Waals surface area contributed by atoms with E-state index in [1.807, 2.05) is 0 Å². The molecule has 0 atom stereocenters. The van der Waals surface area contributed by atoms with Crippen LogP contribution in [0.2, 0.25) is 0 Å². The van der Waals surface area contributed by atoms with Gasteiger partial charge in [-0.1, -0.05) is 0 Å². The van der Waals surface area contributed by atoms with E-state index in [4.69, 9.17) is 0 Å². The Morgan fingerprint density at radius 2 is 0.875 bits per heavy atom. The van der Waals surface area contributed by atoms with Gasteiger partial charge in [-0.25, -0.2) is 0 Å². The summed E-state index contributed by atoms with van der Waals surface area (Å²) in [5.41, 5.74) is -2.43. The van der Waals surface area contributed by atoms with Gasteiger partial charge in [0.05, 0.1) is 19.6 Å². The fourth-order valence-electron chi connectivity index (χ4n) is 12.3. The second kappa shape index (κ2) is 9.96. The number of aliphatic carboxylic acids is 4. The van der Waals surface area contributed by atoms with Crippen molar-refractivity contribution >= 4 is 23.9 Å². The summed E-state index contributed by atoms with van der Waals surface area (Å²) < 4.78 is 0. The molecule has 8 fully saturated rings. The predicted octanol–water partition coefficient (Wildman–Crippen LogP) is 3.10. The van der Waals surface area contributed by atoms with Gasteiger partial charge in [-0.15, -0.1) is 0 Å². The lowest BCUT2D eigenvalue weighted by Crippen LogP contribution is -2.78. The molecule has 0 aliphatic heterocycles. The quantitative estimate of drug-likeness (QED) is 0.264. The van der Waals surface area contributed by atoms with Crippen molar-refractivity contribution in [2.45, 2.75) is 82.6 Å².